The van der Waals surface area contributed by atoms with Gasteiger partial charge in [0.25, 0.3) is 5.91 Å². The van der Waals surface area contributed by atoms with Crippen LogP contribution in [0.4, 0.5) is 4.39 Å². The maximum absolute atomic E-state index is 13.5. The molecule has 0 saturated carbocycles. The van der Waals surface area contributed by atoms with Crippen LogP contribution in [0.15, 0.2) is 6.07 Å². The summed E-state index contributed by atoms with van der Waals surface area (Å²) in [5.74, 6) is -1.32. The van der Waals surface area contributed by atoms with Crippen molar-refractivity contribution < 1.29 is 9.18 Å². The van der Waals surface area contributed by atoms with Crippen molar-refractivity contribution in [2.24, 2.45) is 7.05 Å². The molecule has 0 unspecified atom stereocenters. The Hall–Kier alpha value is -1.66. The van der Waals surface area contributed by atoms with E-state index in [0.29, 0.717) is 0 Å². The van der Waals surface area contributed by atoms with Crippen molar-refractivity contribution in [1.29, 1.82) is 0 Å². The van der Waals surface area contributed by atoms with Gasteiger partial charge in [0.05, 0.1) is 17.3 Å². The number of hydrogen-bond donors (Lipinski definition) is 1. The topological polar surface area (TPSA) is 59.8 Å². The second-order valence-corrected chi connectivity index (χ2v) is 5.72. The minimum absolute atomic E-state index is 0.0605. The SMILES string of the molecule is Cc1nn(C)c(C)c1[C@H](C)NC(=O)c1cc(F)c(Cl)nc1Cl. The van der Waals surface area contributed by atoms with Gasteiger partial charge >= 0.3 is 0 Å². The summed E-state index contributed by atoms with van der Waals surface area (Å²) in [5, 5.41) is 6.56. The van der Waals surface area contributed by atoms with E-state index in [4.69, 9.17) is 23.2 Å². The molecule has 2 aromatic rings. The number of pyridine rings is 1. The van der Waals surface area contributed by atoms with Gasteiger partial charge in [-0.3, -0.25) is 9.48 Å². The van der Waals surface area contributed by atoms with Crippen LogP contribution in [0.1, 0.15) is 40.3 Å². The highest BCUT2D eigenvalue weighted by atomic mass is 35.5. The lowest BCUT2D eigenvalue weighted by atomic mass is 10.1. The van der Waals surface area contributed by atoms with Gasteiger partial charge in [-0.05, 0) is 26.8 Å². The zero-order valence-electron chi connectivity index (χ0n) is 12.5. The van der Waals surface area contributed by atoms with Crippen molar-refractivity contribution in [3.8, 4) is 0 Å². The third kappa shape index (κ3) is 3.08. The quantitative estimate of drug-likeness (QED) is 0.868. The summed E-state index contributed by atoms with van der Waals surface area (Å²) in [6.45, 7) is 5.60. The fourth-order valence-corrected chi connectivity index (χ4v) is 2.78. The zero-order chi connectivity index (χ0) is 16.6. The van der Waals surface area contributed by atoms with Gasteiger partial charge in [-0.15, -0.1) is 0 Å². The molecular weight excluding hydrogens is 330 g/mol. The minimum atomic E-state index is -0.794. The van der Waals surface area contributed by atoms with Crippen molar-refractivity contribution >= 4 is 29.1 Å². The molecule has 0 aliphatic heterocycles. The predicted octanol–water partition coefficient (Wildman–Crippen LogP) is 3.37. The predicted molar refractivity (Wildman–Crippen MR) is 82.8 cm³/mol. The van der Waals surface area contributed by atoms with Crippen molar-refractivity contribution in [3.05, 3.63) is 44.7 Å². The van der Waals surface area contributed by atoms with Crippen LogP contribution < -0.4 is 5.32 Å². The molecule has 22 heavy (non-hydrogen) atoms. The van der Waals surface area contributed by atoms with Crippen molar-refractivity contribution in [2.45, 2.75) is 26.8 Å². The van der Waals surface area contributed by atoms with E-state index in [1.807, 2.05) is 27.8 Å². The summed E-state index contributed by atoms with van der Waals surface area (Å²) in [4.78, 5) is 15.9. The molecule has 2 aromatic heterocycles. The number of rotatable bonds is 3. The molecule has 0 spiro atoms. The maximum Gasteiger partial charge on any atom is 0.254 e. The summed E-state index contributed by atoms with van der Waals surface area (Å²) in [6.07, 6.45) is 0. The highest BCUT2D eigenvalue weighted by Gasteiger charge is 2.21. The normalized spacial score (nSPS) is 12.3. The molecule has 0 aliphatic carbocycles. The van der Waals surface area contributed by atoms with E-state index >= 15 is 0 Å². The number of amides is 1. The summed E-state index contributed by atoms with van der Waals surface area (Å²) in [7, 11) is 1.83. The second kappa shape index (κ2) is 6.22. The van der Waals surface area contributed by atoms with Crippen LogP contribution >= 0.6 is 23.2 Å². The largest absolute Gasteiger partial charge is 0.345 e. The van der Waals surface area contributed by atoms with E-state index < -0.39 is 11.7 Å². The molecule has 1 atom stereocenters. The first kappa shape index (κ1) is 16.7. The number of aryl methyl sites for hydroxylation is 2. The average molecular weight is 345 g/mol. The van der Waals surface area contributed by atoms with Gasteiger partial charge in [-0.2, -0.15) is 5.10 Å². The Bertz CT molecular complexity index is 745. The number of halogens is 3. The zero-order valence-corrected chi connectivity index (χ0v) is 14.1. The Morgan fingerprint density at radius 2 is 2.00 bits per heavy atom. The maximum atomic E-state index is 13.5. The Labute approximate surface area is 137 Å². The molecule has 0 saturated heterocycles. The molecule has 5 nitrogen and oxygen atoms in total. The Morgan fingerprint density at radius 3 is 2.55 bits per heavy atom. The fourth-order valence-electron chi connectivity index (χ4n) is 2.37. The molecule has 2 rings (SSSR count). The number of hydrogen-bond acceptors (Lipinski definition) is 3. The first-order chi connectivity index (χ1) is 10.2. The average Bonchev–Trinajstić information content (AvgIpc) is 2.67. The summed E-state index contributed by atoms with van der Waals surface area (Å²) < 4.78 is 15.2. The molecule has 0 aliphatic rings. The van der Waals surface area contributed by atoms with E-state index in [1.54, 1.807) is 4.68 Å². The smallest absolute Gasteiger partial charge is 0.254 e. The van der Waals surface area contributed by atoms with Gasteiger partial charge in [-0.25, -0.2) is 9.37 Å². The minimum Gasteiger partial charge on any atom is -0.345 e. The third-order valence-corrected chi connectivity index (χ3v) is 4.03. The van der Waals surface area contributed by atoms with Crippen LogP contribution in [0.25, 0.3) is 0 Å². The van der Waals surface area contributed by atoms with Crippen LogP contribution in [0, 0.1) is 19.7 Å². The van der Waals surface area contributed by atoms with Gasteiger partial charge in [0.1, 0.15) is 5.15 Å². The Kier molecular flexibility index (Phi) is 4.72. The number of aromatic nitrogens is 3. The first-order valence-corrected chi connectivity index (χ1v) is 7.30. The first-order valence-electron chi connectivity index (χ1n) is 6.54. The Morgan fingerprint density at radius 1 is 1.36 bits per heavy atom. The van der Waals surface area contributed by atoms with Crippen LogP contribution in [-0.2, 0) is 7.05 Å². The molecule has 2 heterocycles. The van der Waals surface area contributed by atoms with Gasteiger partial charge in [0.2, 0.25) is 0 Å². The molecule has 118 valence electrons. The number of carbonyl (C=O) groups is 1. The molecule has 8 heteroatoms. The van der Waals surface area contributed by atoms with Gasteiger partial charge < -0.3 is 5.32 Å². The molecular formula is C14H15Cl2FN4O. The monoisotopic (exact) mass is 344 g/mol. The van der Waals surface area contributed by atoms with E-state index in [1.165, 1.54) is 0 Å². The van der Waals surface area contributed by atoms with Crippen LogP contribution in [0.2, 0.25) is 10.3 Å². The molecule has 0 aromatic carbocycles. The summed E-state index contributed by atoms with van der Waals surface area (Å²) >= 11 is 11.4. The lowest BCUT2D eigenvalue weighted by molar-refractivity contribution is 0.0939. The van der Waals surface area contributed by atoms with E-state index in [2.05, 4.69) is 15.4 Å². The second-order valence-electron chi connectivity index (χ2n) is 5.00. The van der Waals surface area contributed by atoms with Crippen LogP contribution in [0.5, 0.6) is 0 Å². The highest BCUT2D eigenvalue weighted by molar-refractivity contribution is 6.34. The molecule has 0 fully saturated rings. The third-order valence-electron chi connectivity index (χ3n) is 3.48. The lowest BCUT2D eigenvalue weighted by Gasteiger charge is -2.15. The van der Waals surface area contributed by atoms with Gasteiger partial charge in [0, 0.05) is 18.3 Å². The van der Waals surface area contributed by atoms with Gasteiger partial charge in [-0.1, -0.05) is 23.2 Å². The molecule has 1 N–H and O–H groups in total. The number of nitrogens with zero attached hydrogens (tertiary/aromatic N) is 3. The Balaban J connectivity index is 2.27. The van der Waals surface area contributed by atoms with E-state index in [9.17, 15) is 9.18 Å². The number of carbonyl (C=O) groups excluding carboxylic acids is 1. The molecule has 0 bridgehead atoms. The molecule has 1 amide bonds. The van der Waals surface area contributed by atoms with Crippen LogP contribution in [0.3, 0.4) is 0 Å². The highest BCUT2D eigenvalue weighted by Crippen LogP contribution is 2.23. The molecule has 0 radical (unpaired) electrons. The van der Waals surface area contributed by atoms with Crippen molar-refractivity contribution in [1.82, 2.24) is 20.1 Å². The number of nitrogens with one attached hydrogen (secondary N) is 1. The summed E-state index contributed by atoms with van der Waals surface area (Å²) in [5.41, 5.74) is 2.61. The summed E-state index contributed by atoms with van der Waals surface area (Å²) in [6, 6.07) is 0.666. The van der Waals surface area contributed by atoms with E-state index in [0.717, 1.165) is 23.0 Å². The fraction of sp³-hybridized carbons (Fsp3) is 0.357. The van der Waals surface area contributed by atoms with Gasteiger partial charge in [0.15, 0.2) is 11.0 Å². The van der Waals surface area contributed by atoms with Crippen LogP contribution in [-0.4, -0.2) is 20.7 Å². The lowest BCUT2D eigenvalue weighted by Crippen LogP contribution is -2.28. The standard InChI is InChI=1S/C14H15Cl2FN4O/c1-6(11-7(2)20-21(4)8(11)3)18-14(22)9-5-10(17)13(16)19-12(9)15/h5-6H,1-4H3,(H,18,22)/t6-/m0/s1. The van der Waals surface area contributed by atoms with E-state index in [-0.39, 0.29) is 21.9 Å². The van der Waals surface area contributed by atoms with Crippen molar-refractivity contribution in [2.75, 3.05) is 0 Å². The van der Waals surface area contributed by atoms with Crippen molar-refractivity contribution in [3.63, 3.8) is 0 Å².